The van der Waals surface area contributed by atoms with Crippen molar-refractivity contribution in [2.45, 2.75) is 19.3 Å². The third-order valence-corrected chi connectivity index (χ3v) is 9.72. The van der Waals surface area contributed by atoms with E-state index in [9.17, 15) is 5.48 Å². The van der Waals surface area contributed by atoms with Gasteiger partial charge in [0.05, 0.1) is 11.0 Å². The Kier molecular flexibility index (Phi) is 4.64. The van der Waals surface area contributed by atoms with Gasteiger partial charge in [-0.3, -0.25) is 0 Å². The number of fused-ring (bicyclic) bond motifs is 5. The minimum atomic E-state index is -0.416. The summed E-state index contributed by atoms with van der Waals surface area (Å²) in [6.45, 7) is 4.46. The summed E-state index contributed by atoms with van der Waals surface area (Å²) < 4.78 is 72.4. The summed E-state index contributed by atoms with van der Waals surface area (Å²) >= 11 is 0. The van der Waals surface area contributed by atoms with Crippen LogP contribution in [0.1, 0.15) is 35.9 Å². The summed E-state index contributed by atoms with van der Waals surface area (Å²) in [4.78, 5) is 0. The van der Waals surface area contributed by atoms with Crippen LogP contribution in [-0.2, 0) is 5.41 Å². The number of benzene rings is 8. The van der Waals surface area contributed by atoms with E-state index in [1.165, 1.54) is 22.3 Å². The monoisotopic (exact) mass is 606 g/mol. The molecule has 8 aromatic carbocycles. The summed E-state index contributed by atoms with van der Waals surface area (Å²) in [6.07, 6.45) is 0. The molecule has 0 aromatic heterocycles. The van der Waals surface area contributed by atoms with Gasteiger partial charge in [-0.1, -0.05) is 171 Å². The lowest BCUT2D eigenvalue weighted by Gasteiger charge is -2.22. The van der Waals surface area contributed by atoms with E-state index >= 15 is 0 Å². The van der Waals surface area contributed by atoms with Crippen molar-refractivity contribution >= 4 is 21.5 Å². The molecule has 0 spiro atoms. The Morgan fingerprint density at radius 2 is 0.851 bits per heavy atom. The van der Waals surface area contributed by atoms with Gasteiger partial charge in [-0.25, -0.2) is 0 Å². The van der Waals surface area contributed by atoms with Crippen molar-refractivity contribution in [1.29, 1.82) is 0 Å². The van der Waals surface area contributed by atoms with E-state index in [1.54, 1.807) is 0 Å². The SMILES string of the molecule is [2H]c1c([2H])c([2H])c2c(-c3cccc(-c4ccc5c(c4)C(C)(C)c4ccccc4-5)c3)c3c([2H])c([2H])c([2H])c([2H])c3c(-c3ccc(-c4ccccc4)cc3)c2c1[2H]. The molecule has 47 heavy (non-hydrogen) atoms. The lowest BCUT2D eigenvalue weighted by Crippen LogP contribution is -2.14. The molecule has 0 aliphatic heterocycles. The average Bonchev–Trinajstić information content (AvgIpc) is 3.45. The third kappa shape index (κ3) is 4.37. The summed E-state index contributed by atoms with van der Waals surface area (Å²) in [7, 11) is 0. The lowest BCUT2D eigenvalue weighted by molar-refractivity contribution is 0.660. The van der Waals surface area contributed by atoms with Crippen LogP contribution in [0, 0.1) is 0 Å². The second-order valence-electron chi connectivity index (χ2n) is 12.7. The number of rotatable bonds is 4. The van der Waals surface area contributed by atoms with E-state index in [1.807, 2.05) is 78.9 Å². The maximum Gasteiger partial charge on any atom is 0.0629 e. The molecular formula is C47H34. The summed E-state index contributed by atoms with van der Waals surface area (Å²) in [5, 5.41) is 0.809. The first-order valence-corrected chi connectivity index (χ1v) is 15.9. The Balaban J connectivity index is 1.35. The number of hydrogen-bond donors (Lipinski definition) is 0. The zero-order valence-corrected chi connectivity index (χ0v) is 26.0. The van der Waals surface area contributed by atoms with Crippen molar-refractivity contribution in [3.63, 3.8) is 0 Å². The molecule has 0 atom stereocenters. The van der Waals surface area contributed by atoms with Gasteiger partial charge in [0, 0.05) is 5.41 Å². The van der Waals surface area contributed by atoms with Gasteiger partial charge in [-0.15, -0.1) is 0 Å². The van der Waals surface area contributed by atoms with E-state index in [0.717, 1.165) is 22.3 Å². The molecule has 0 N–H and O–H groups in total. The van der Waals surface area contributed by atoms with Crippen molar-refractivity contribution < 1.29 is 11.0 Å². The van der Waals surface area contributed by atoms with Crippen LogP contribution in [-0.4, -0.2) is 0 Å². The van der Waals surface area contributed by atoms with Crippen molar-refractivity contribution in [1.82, 2.24) is 0 Å². The molecule has 0 unspecified atom stereocenters. The first-order chi connectivity index (χ1) is 26.4. The molecule has 222 valence electrons. The van der Waals surface area contributed by atoms with E-state index < -0.39 is 24.2 Å². The molecule has 0 amide bonds. The van der Waals surface area contributed by atoms with Gasteiger partial charge in [-0.05, 0) is 100 Å². The number of hydrogen-bond acceptors (Lipinski definition) is 0. The van der Waals surface area contributed by atoms with E-state index in [-0.39, 0.29) is 51.1 Å². The van der Waals surface area contributed by atoms with Gasteiger partial charge < -0.3 is 0 Å². The van der Waals surface area contributed by atoms with Crippen LogP contribution in [0.5, 0.6) is 0 Å². The maximum atomic E-state index is 9.34. The molecule has 8 aromatic rings. The highest BCUT2D eigenvalue weighted by atomic mass is 14.4. The summed E-state index contributed by atoms with van der Waals surface area (Å²) in [6, 6.07) is 37.3. The van der Waals surface area contributed by atoms with Crippen LogP contribution in [0.15, 0.2) is 170 Å². The fourth-order valence-corrected chi connectivity index (χ4v) is 7.40. The van der Waals surface area contributed by atoms with Gasteiger partial charge in [0.25, 0.3) is 0 Å². The van der Waals surface area contributed by atoms with Gasteiger partial charge >= 0.3 is 0 Å². The molecule has 0 heteroatoms. The normalized spacial score (nSPS) is 15.4. The molecule has 0 saturated carbocycles. The van der Waals surface area contributed by atoms with Crippen molar-refractivity contribution in [3.8, 4) is 55.6 Å². The molecule has 0 bridgehead atoms. The smallest absolute Gasteiger partial charge is 0.0622 e. The Morgan fingerprint density at radius 3 is 1.53 bits per heavy atom. The van der Waals surface area contributed by atoms with Crippen molar-refractivity contribution in [3.05, 3.63) is 181 Å². The molecular weight excluding hydrogens is 565 g/mol. The predicted octanol–water partition coefficient (Wildman–Crippen LogP) is 13.0. The molecule has 0 radical (unpaired) electrons. The summed E-state index contributed by atoms with van der Waals surface area (Å²) in [5.74, 6) is 0. The molecule has 0 saturated heterocycles. The topological polar surface area (TPSA) is 0 Å². The maximum absolute atomic E-state index is 9.34. The Bertz CT molecular complexity index is 2830. The van der Waals surface area contributed by atoms with Crippen LogP contribution < -0.4 is 0 Å². The fourth-order valence-electron chi connectivity index (χ4n) is 7.40. The minimum absolute atomic E-state index is 0.202. The van der Waals surface area contributed by atoms with Crippen LogP contribution in [0.4, 0.5) is 0 Å². The molecule has 0 fully saturated rings. The van der Waals surface area contributed by atoms with E-state index in [0.29, 0.717) is 22.3 Å². The zero-order chi connectivity index (χ0) is 38.5. The molecule has 9 rings (SSSR count). The van der Waals surface area contributed by atoms with Crippen molar-refractivity contribution in [2.24, 2.45) is 0 Å². The molecule has 0 heterocycles. The highest BCUT2D eigenvalue weighted by Gasteiger charge is 2.35. The second kappa shape index (κ2) is 10.7. The zero-order valence-electron chi connectivity index (χ0n) is 34.0. The minimum Gasteiger partial charge on any atom is -0.0622 e. The van der Waals surface area contributed by atoms with Gasteiger partial charge in [0.2, 0.25) is 0 Å². The standard InChI is InChI=1S/C47H34/c1-47(2)43-22-11-10-17-37(43)38-28-27-35(30-44(38)47)34-15-12-16-36(29-34)46-41-20-8-6-18-39(41)45(40-19-7-9-21-42(40)46)33-25-23-32(24-26-33)31-13-4-3-5-14-31/h3-30H,1-2H3/i6D,7D,8D,9D,18D,19D,20D,21D. The molecule has 1 aliphatic rings. The van der Waals surface area contributed by atoms with Crippen molar-refractivity contribution in [2.75, 3.05) is 0 Å². The third-order valence-electron chi connectivity index (χ3n) is 9.72. The van der Waals surface area contributed by atoms with E-state index in [4.69, 9.17) is 5.48 Å². The van der Waals surface area contributed by atoms with Gasteiger partial charge in [-0.2, -0.15) is 0 Å². The first-order valence-electron chi connectivity index (χ1n) is 19.9. The van der Waals surface area contributed by atoms with Crippen LogP contribution >= 0.6 is 0 Å². The molecule has 0 nitrogen and oxygen atoms in total. The lowest BCUT2D eigenvalue weighted by atomic mass is 9.81. The predicted molar refractivity (Wildman–Crippen MR) is 201 cm³/mol. The first kappa shape index (κ1) is 20.4. The fraction of sp³-hybridized carbons (Fsp3) is 0.0638. The van der Waals surface area contributed by atoms with E-state index in [2.05, 4.69) is 56.3 Å². The Morgan fingerprint density at radius 1 is 0.383 bits per heavy atom. The van der Waals surface area contributed by atoms with Gasteiger partial charge in [0.1, 0.15) is 0 Å². The Hall–Kier alpha value is -5.72. The average molecular weight is 607 g/mol. The van der Waals surface area contributed by atoms with Crippen LogP contribution in [0.3, 0.4) is 0 Å². The quantitative estimate of drug-likeness (QED) is 0.175. The second-order valence-corrected chi connectivity index (χ2v) is 12.7. The molecule has 1 aliphatic carbocycles. The largest absolute Gasteiger partial charge is 0.0629 e. The highest BCUT2D eigenvalue weighted by Crippen LogP contribution is 2.50. The summed E-state index contributed by atoms with van der Waals surface area (Å²) in [5.41, 5.74) is 10.3. The van der Waals surface area contributed by atoms with Gasteiger partial charge in [0.15, 0.2) is 0 Å². The van der Waals surface area contributed by atoms with Crippen LogP contribution in [0.25, 0.3) is 77.2 Å². The highest BCUT2D eigenvalue weighted by molar-refractivity contribution is 6.21. The Labute approximate surface area is 287 Å². The van der Waals surface area contributed by atoms with Crippen LogP contribution in [0.2, 0.25) is 0 Å².